The van der Waals surface area contributed by atoms with Crippen LogP contribution >= 0.6 is 0 Å². The van der Waals surface area contributed by atoms with Crippen LogP contribution in [0, 0.1) is 13.8 Å². The van der Waals surface area contributed by atoms with Crippen LogP contribution in [0.3, 0.4) is 0 Å². The molecule has 0 radical (unpaired) electrons. The van der Waals surface area contributed by atoms with E-state index in [2.05, 4.69) is 35.5 Å². The Hall–Kier alpha value is -2.33. The van der Waals surface area contributed by atoms with Gasteiger partial charge in [-0.2, -0.15) is 0 Å². The Balaban J connectivity index is 1.71. The Morgan fingerprint density at radius 3 is 2.72 bits per heavy atom. The fourth-order valence-corrected chi connectivity index (χ4v) is 3.05. The van der Waals surface area contributed by atoms with Crippen molar-refractivity contribution < 1.29 is 9.84 Å². The van der Waals surface area contributed by atoms with E-state index in [-0.39, 0.29) is 0 Å². The number of ether oxygens (including phenoxy) is 1. The van der Waals surface area contributed by atoms with Crippen molar-refractivity contribution in [1.29, 1.82) is 0 Å². The van der Waals surface area contributed by atoms with E-state index in [1.165, 1.54) is 11.1 Å². The van der Waals surface area contributed by atoms with Crippen LogP contribution in [-0.4, -0.2) is 21.3 Å². The summed E-state index contributed by atoms with van der Waals surface area (Å²) >= 11 is 0. The molecule has 1 aromatic heterocycles. The van der Waals surface area contributed by atoms with Crippen molar-refractivity contribution in [3.05, 3.63) is 59.4 Å². The zero-order valence-corrected chi connectivity index (χ0v) is 15.2. The maximum absolute atomic E-state index is 10.3. The Bertz CT molecular complexity index is 854. The molecule has 0 saturated carbocycles. The summed E-state index contributed by atoms with van der Waals surface area (Å²) in [5, 5.41) is 10.3. The summed E-state index contributed by atoms with van der Waals surface area (Å²) in [5.41, 5.74) is 4.43. The first kappa shape index (κ1) is 17.5. The van der Waals surface area contributed by atoms with Crippen LogP contribution in [0.5, 0.6) is 5.75 Å². The lowest BCUT2D eigenvalue weighted by Gasteiger charge is -2.14. The van der Waals surface area contributed by atoms with Gasteiger partial charge >= 0.3 is 0 Å². The summed E-state index contributed by atoms with van der Waals surface area (Å²) in [6, 6.07) is 14.2. The maximum atomic E-state index is 10.3. The second-order valence-corrected chi connectivity index (χ2v) is 6.43. The first-order chi connectivity index (χ1) is 12.1. The van der Waals surface area contributed by atoms with Crippen LogP contribution in [0.1, 0.15) is 42.8 Å². The molecule has 1 atom stereocenters. The zero-order valence-electron chi connectivity index (χ0n) is 15.2. The molecule has 0 amide bonds. The van der Waals surface area contributed by atoms with Crippen molar-refractivity contribution in [3.63, 3.8) is 0 Å². The van der Waals surface area contributed by atoms with Gasteiger partial charge in [0.2, 0.25) is 0 Å². The number of aromatic nitrogens is 2. The molecular formula is C21H26N2O2. The molecule has 0 spiro atoms. The van der Waals surface area contributed by atoms with Crippen molar-refractivity contribution in [2.24, 2.45) is 0 Å². The predicted molar refractivity (Wildman–Crippen MR) is 101 cm³/mol. The fraction of sp³-hybridized carbons (Fsp3) is 0.381. The third kappa shape index (κ3) is 3.69. The second kappa shape index (κ2) is 7.70. The summed E-state index contributed by atoms with van der Waals surface area (Å²) in [6.45, 7) is 7.57. The summed E-state index contributed by atoms with van der Waals surface area (Å²) in [5.74, 6) is 1.69. The van der Waals surface area contributed by atoms with Crippen molar-refractivity contribution in [2.75, 3.05) is 6.61 Å². The summed E-state index contributed by atoms with van der Waals surface area (Å²) in [4.78, 5) is 4.62. The van der Waals surface area contributed by atoms with Crippen molar-refractivity contribution >= 4 is 11.0 Å². The van der Waals surface area contributed by atoms with E-state index < -0.39 is 6.10 Å². The van der Waals surface area contributed by atoms with Crippen LogP contribution in [0.25, 0.3) is 11.0 Å². The zero-order chi connectivity index (χ0) is 17.8. The van der Waals surface area contributed by atoms with E-state index in [4.69, 9.17) is 4.74 Å². The average molecular weight is 338 g/mol. The third-order valence-electron chi connectivity index (χ3n) is 4.71. The molecule has 1 heterocycles. The molecule has 0 saturated heterocycles. The molecular weight excluding hydrogens is 312 g/mol. The quantitative estimate of drug-likeness (QED) is 0.642. The second-order valence-electron chi connectivity index (χ2n) is 6.43. The monoisotopic (exact) mass is 338 g/mol. The average Bonchev–Trinajstić information content (AvgIpc) is 3.00. The Morgan fingerprint density at radius 1 is 1.12 bits per heavy atom. The van der Waals surface area contributed by atoms with Gasteiger partial charge < -0.3 is 14.4 Å². The van der Waals surface area contributed by atoms with E-state index in [0.717, 1.165) is 35.6 Å². The molecule has 0 aliphatic carbocycles. The van der Waals surface area contributed by atoms with Crippen LogP contribution < -0.4 is 4.74 Å². The molecule has 4 nitrogen and oxygen atoms in total. The van der Waals surface area contributed by atoms with Gasteiger partial charge in [0.15, 0.2) is 0 Å². The van der Waals surface area contributed by atoms with Crippen LogP contribution in [0.15, 0.2) is 42.5 Å². The fourth-order valence-electron chi connectivity index (χ4n) is 3.05. The number of para-hydroxylation sites is 2. The largest absolute Gasteiger partial charge is 0.493 e. The van der Waals surface area contributed by atoms with Crippen molar-refractivity contribution in [1.82, 2.24) is 9.55 Å². The number of aliphatic hydroxyl groups is 1. The Morgan fingerprint density at radius 2 is 1.92 bits per heavy atom. The Kier molecular flexibility index (Phi) is 5.39. The van der Waals surface area contributed by atoms with E-state index in [1.54, 1.807) is 0 Å². The SMILES string of the molecule is CC[C@H](O)c1nc2ccccc2n1CCCOc1cccc(C)c1C. The topological polar surface area (TPSA) is 47.3 Å². The molecule has 0 aliphatic rings. The van der Waals surface area contributed by atoms with Crippen molar-refractivity contribution in [3.8, 4) is 5.75 Å². The molecule has 0 unspecified atom stereocenters. The molecule has 2 aromatic carbocycles. The summed E-state index contributed by atoms with van der Waals surface area (Å²) < 4.78 is 8.08. The van der Waals surface area contributed by atoms with Gasteiger partial charge in [0, 0.05) is 6.54 Å². The molecule has 3 rings (SSSR count). The first-order valence-corrected chi connectivity index (χ1v) is 8.94. The smallest absolute Gasteiger partial charge is 0.138 e. The van der Waals surface area contributed by atoms with Gasteiger partial charge in [0.1, 0.15) is 17.7 Å². The number of imidazole rings is 1. The number of aryl methyl sites for hydroxylation is 2. The number of aliphatic hydroxyl groups excluding tert-OH is 1. The lowest BCUT2D eigenvalue weighted by Crippen LogP contribution is -2.11. The summed E-state index contributed by atoms with van der Waals surface area (Å²) in [7, 11) is 0. The molecule has 0 bridgehead atoms. The van der Waals surface area contributed by atoms with E-state index in [9.17, 15) is 5.11 Å². The predicted octanol–water partition coefficient (Wildman–Crippen LogP) is 4.57. The minimum absolute atomic E-state index is 0.535. The first-order valence-electron chi connectivity index (χ1n) is 8.94. The number of fused-ring (bicyclic) bond motifs is 1. The highest BCUT2D eigenvalue weighted by molar-refractivity contribution is 5.76. The van der Waals surface area contributed by atoms with Crippen molar-refractivity contribution in [2.45, 2.75) is 46.3 Å². The van der Waals surface area contributed by atoms with Gasteiger partial charge in [-0.1, -0.05) is 31.2 Å². The number of hydrogen-bond donors (Lipinski definition) is 1. The normalized spacial score (nSPS) is 12.5. The number of nitrogens with zero attached hydrogens (tertiary/aromatic N) is 2. The van der Waals surface area contributed by atoms with E-state index >= 15 is 0 Å². The van der Waals surface area contributed by atoms with Crippen LogP contribution in [0.4, 0.5) is 0 Å². The van der Waals surface area contributed by atoms with Gasteiger partial charge in [-0.25, -0.2) is 4.98 Å². The molecule has 4 heteroatoms. The molecule has 132 valence electrons. The highest BCUT2D eigenvalue weighted by Gasteiger charge is 2.16. The van der Waals surface area contributed by atoms with Crippen LogP contribution in [-0.2, 0) is 6.54 Å². The molecule has 1 N–H and O–H groups in total. The van der Waals surface area contributed by atoms with E-state index in [1.807, 2.05) is 37.3 Å². The number of hydrogen-bond acceptors (Lipinski definition) is 3. The molecule has 0 aliphatic heterocycles. The minimum atomic E-state index is -0.535. The van der Waals surface area contributed by atoms with Gasteiger partial charge in [0.05, 0.1) is 17.6 Å². The number of benzene rings is 2. The highest BCUT2D eigenvalue weighted by atomic mass is 16.5. The lowest BCUT2D eigenvalue weighted by atomic mass is 10.1. The van der Waals surface area contributed by atoms with Gasteiger partial charge in [-0.15, -0.1) is 0 Å². The summed E-state index contributed by atoms with van der Waals surface area (Å²) in [6.07, 6.45) is 0.978. The molecule has 0 fully saturated rings. The van der Waals surface area contributed by atoms with Gasteiger partial charge in [-0.05, 0) is 56.0 Å². The lowest BCUT2D eigenvalue weighted by molar-refractivity contribution is 0.158. The van der Waals surface area contributed by atoms with E-state index in [0.29, 0.717) is 13.0 Å². The maximum Gasteiger partial charge on any atom is 0.138 e. The standard InChI is InChI=1S/C21H26N2O2/c1-4-19(24)21-22-17-10-5-6-11-18(17)23(21)13-8-14-25-20-12-7-9-15(2)16(20)3/h5-7,9-12,19,24H,4,8,13-14H2,1-3H3/t19-/m0/s1. The molecule has 25 heavy (non-hydrogen) atoms. The van der Waals surface area contributed by atoms with Gasteiger partial charge in [-0.3, -0.25) is 0 Å². The highest BCUT2D eigenvalue weighted by Crippen LogP contribution is 2.24. The minimum Gasteiger partial charge on any atom is -0.493 e. The van der Waals surface area contributed by atoms with Gasteiger partial charge in [0.25, 0.3) is 0 Å². The molecule has 3 aromatic rings. The number of rotatable bonds is 7. The van der Waals surface area contributed by atoms with Crippen LogP contribution in [0.2, 0.25) is 0 Å². The third-order valence-corrected chi connectivity index (χ3v) is 4.71. The Labute approximate surface area is 149 Å².